The molecule has 1 unspecified atom stereocenters. The van der Waals surface area contributed by atoms with E-state index in [0.29, 0.717) is 12.6 Å². The number of ether oxygens (including phenoxy) is 1. The van der Waals surface area contributed by atoms with Gasteiger partial charge in [0.2, 0.25) is 0 Å². The molecule has 80 valence electrons. The van der Waals surface area contributed by atoms with Crippen LogP contribution in [0.25, 0.3) is 0 Å². The van der Waals surface area contributed by atoms with Gasteiger partial charge in [-0.25, -0.2) is 4.98 Å². The molecule has 0 saturated carbocycles. The Labute approximate surface area is 88.9 Å². The van der Waals surface area contributed by atoms with Crippen LogP contribution in [0.15, 0.2) is 0 Å². The highest BCUT2D eigenvalue weighted by atomic mass is 32.1. The summed E-state index contributed by atoms with van der Waals surface area (Å²) in [5.41, 5.74) is 0. The molecule has 0 amide bonds. The van der Waals surface area contributed by atoms with Gasteiger partial charge in [0, 0.05) is 26.0 Å². The van der Waals surface area contributed by atoms with E-state index in [1.165, 1.54) is 11.5 Å². The van der Waals surface area contributed by atoms with Crippen molar-refractivity contribution in [2.45, 2.75) is 25.8 Å². The lowest BCUT2D eigenvalue weighted by Crippen LogP contribution is -2.32. The van der Waals surface area contributed by atoms with Gasteiger partial charge in [-0.05, 0) is 18.6 Å². The van der Waals surface area contributed by atoms with E-state index >= 15 is 0 Å². The fraction of sp³-hybridized carbons (Fsp3) is 0.778. The highest BCUT2D eigenvalue weighted by molar-refractivity contribution is 7.05. The Morgan fingerprint density at radius 2 is 2.36 bits per heavy atom. The summed E-state index contributed by atoms with van der Waals surface area (Å²) in [4.78, 5) is 4.41. The third-order valence-corrected chi connectivity index (χ3v) is 2.79. The molecule has 0 radical (unpaired) electrons. The van der Waals surface area contributed by atoms with Crippen molar-refractivity contribution in [3.05, 3.63) is 10.8 Å². The topological polar surface area (TPSA) is 47.0 Å². The molecule has 1 rings (SSSR count). The van der Waals surface area contributed by atoms with Crippen molar-refractivity contribution in [1.82, 2.24) is 14.7 Å². The maximum atomic E-state index is 5.09. The molecule has 0 aliphatic rings. The first kappa shape index (κ1) is 11.6. The zero-order valence-corrected chi connectivity index (χ0v) is 9.73. The summed E-state index contributed by atoms with van der Waals surface area (Å²) in [6.45, 7) is 2.77. The van der Waals surface area contributed by atoms with Crippen molar-refractivity contribution in [1.29, 1.82) is 0 Å². The van der Waals surface area contributed by atoms with E-state index in [1.807, 2.05) is 7.05 Å². The molecule has 0 saturated heterocycles. The molecule has 0 aromatic carbocycles. The molecule has 0 aliphatic carbocycles. The second-order valence-corrected chi connectivity index (χ2v) is 3.94. The minimum Gasteiger partial charge on any atom is -0.383 e. The minimum atomic E-state index is 0.331. The Morgan fingerprint density at radius 3 is 2.86 bits per heavy atom. The monoisotopic (exact) mass is 215 g/mol. The fourth-order valence-electron chi connectivity index (χ4n) is 1.17. The molecule has 1 aromatic rings. The first-order valence-corrected chi connectivity index (χ1v) is 5.55. The number of hydrogen-bond donors (Lipinski definition) is 1. The summed E-state index contributed by atoms with van der Waals surface area (Å²) in [6.07, 6.45) is 1.80. The van der Waals surface area contributed by atoms with Gasteiger partial charge in [-0.3, -0.25) is 0 Å². The minimum absolute atomic E-state index is 0.331. The number of methoxy groups -OCH3 is 1. The maximum absolute atomic E-state index is 5.09. The number of nitrogens with one attached hydrogen (secondary N) is 1. The molecule has 0 fully saturated rings. The van der Waals surface area contributed by atoms with E-state index in [4.69, 9.17) is 4.74 Å². The zero-order valence-electron chi connectivity index (χ0n) is 8.91. The number of rotatable bonds is 6. The lowest BCUT2D eigenvalue weighted by Gasteiger charge is -2.12. The third-order valence-electron chi connectivity index (χ3n) is 2.02. The first-order chi connectivity index (χ1) is 6.80. The quantitative estimate of drug-likeness (QED) is 0.765. The van der Waals surface area contributed by atoms with Crippen molar-refractivity contribution < 1.29 is 4.74 Å². The van der Waals surface area contributed by atoms with Crippen molar-refractivity contribution >= 4 is 11.5 Å². The van der Waals surface area contributed by atoms with Gasteiger partial charge in [-0.1, -0.05) is 6.92 Å². The Kier molecular flexibility index (Phi) is 5.00. The van der Waals surface area contributed by atoms with E-state index in [2.05, 4.69) is 21.6 Å². The average Bonchev–Trinajstić information content (AvgIpc) is 2.65. The van der Waals surface area contributed by atoms with Crippen LogP contribution in [0.2, 0.25) is 0 Å². The van der Waals surface area contributed by atoms with Gasteiger partial charge in [0.1, 0.15) is 10.8 Å². The van der Waals surface area contributed by atoms with Crippen LogP contribution in [0.1, 0.15) is 17.8 Å². The van der Waals surface area contributed by atoms with Gasteiger partial charge >= 0.3 is 0 Å². The van der Waals surface area contributed by atoms with Crippen LogP contribution in [0.3, 0.4) is 0 Å². The van der Waals surface area contributed by atoms with Crippen molar-refractivity contribution in [3.8, 4) is 0 Å². The van der Waals surface area contributed by atoms with Crippen LogP contribution in [0, 0.1) is 0 Å². The molecule has 1 heterocycles. The van der Waals surface area contributed by atoms with Gasteiger partial charge in [0.15, 0.2) is 0 Å². The number of aryl methyl sites for hydroxylation is 1. The van der Waals surface area contributed by atoms with Gasteiger partial charge in [-0.2, -0.15) is 4.37 Å². The van der Waals surface area contributed by atoms with Gasteiger partial charge < -0.3 is 10.1 Å². The van der Waals surface area contributed by atoms with E-state index < -0.39 is 0 Å². The predicted octanol–water partition coefficient (Wildman–Crippen LogP) is 0.877. The van der Waals surface area contributed by atoms with Gasteiger partial charge in [0.25, 0.3) is 0 Å². The lowest BCUT2D eigenvalue weighted by atomic mass is 10.2. The van der Waals surface area contributed by atoms with Crippen LogP contribution in [-0.2, 0) is 17.6 Å². The van der Waals surface area contributed by atoms with Crippen LogP contribution >= 0.6 is 11.5 Å². The highest BCUT2D eigenvalue weighted by Gasteiger charge is 2.10. The van der Waals surface area contributed by atoms with Gasteiger partial charge in [0.05, 0.1) is 6.61 Å². The smallest absolute Gasteiger partial charge is 0.142 e. The molecule has 1 atom stereocenters. The Bertz CT molecular complexity index is 264. The van der Waals surface area contributed by atoms with E-state index in [-0.39, 0.29) is 0 Å². The Balaban J connectivity index is 2.48. The van der Waals surface area contributed by atoms with Crippen molar-refractivity contribution in [3.63, 3.8) is 0 Å². The summed E-state index contributed by atoms with van der Waals surface area (Å²) < 4.78 is 9.34. The standard InChI is InChI=1S/C9H17N3OS/c1-4-8-11-9(14-12-8)5-7(10-2)6-13-3/h7,10H,4-6H2,1-3H3. The molecule has 0 bridgehead atoms. The van der Waals surface area contributed by atoms with E-state index in [0.717, 1.165) is 23.7 Å². The normalized spacial score (nSPS) is 13.1. The summed E-state index contributed by atoms with van der Waals surface area (Å²) >= 11 is 1.49. The second-order valence-electron chi connectivity index (χ2n) is 3.10. The highest BCUT2D eigenvalue weighted by Crippen LogP contribution is 2.08. The molecule has 4 nitrogen and oxygen atoms in total. The summed E-state index contributed by atoms with van der Waals surface area (Å²) in [7, 11) is 3.65. The molecule has 0 aliphatic heterocycles. The largest absolute Gasteiger partial charge is 0.383 e. The first-order valence-electron chi connectivity index (χ1n) is 4.77. The molecular formula is C9H17N3OS. The zero-order chi connectivity index (χ0) is 10.4. The van der Waals surface area contributed by atoms with Gasteiger partial charge in [-0.15, -0.1) is 0 Å². The molecule has 1 N–H and O–H groups in total. The van der Waals surface area contributed by atoms with Crippen LogP contribution in [-0.4, -0.2) is 36.2 Å². The summed E-state index contributed by atoms with van der Waals surface area (Å²) in [5.74, 6) is 0.942. The average molecular weight is 215 g/mol. The Hall–Kier alpha value is -0.520. The number of nitrogens with zero attached hydrogens (tertiary/aromatic N) is 2. The Morgan fingerprint density at radius 1 is 1.57 bits per heavy atom. The van der Waals surface area contributed by atoms with Crippen LogP contribution < -0.4 is 5.32 Å². The predicted molar refractivity (Wildman–Crippen MR) is 57.7 cm³/mol. The SMILES string of the molecule is CCc1nsc(CC(COC)NC)n1. The fourth-order valence-corrected chi connectivity index (χ4v) is 1.98. The summed E-state index contributed by atoms with van der Waals surface area (Å²) in [5, 5.41) is 4.27. The lowest BCUT2D eigenvalue weighted by molar-refractivity contribution is 0.169. The molecule has 14 heavy (non-hydrogen) atoms. The maximum Gasteiger partial charge on any atom is 0.142 e. The van der Waals surface area contributed by atoms with E-state index in [9.17, 15) is 0 Å². The second kappa shape index (κ2) is 6.06. The molecule has 1 aromatic heterocycles. The third kappa shape index (κ3) is 3.32. The number of hydrogen-bond acceptors (Lipinski definition) is 5. The van der Waals surface area contributed by atoms with Crippen LogP contribution in [0.4, 0.5) is 0 Å². The molecule has 5 heteroatoms. The summed E-state index contributed by atoms with van der Waals surface area (Å²) in [6, 6.07) is 0.331. The molecular weight excluding hydrogens is 198 g/mol. The van der Waals surface area contributed by atoms with Crippen molar-refractivity contribution in [2.24, 2.45) is 0 Å². The molecule has 0 spiro atoms. The number of likely N-dealkylation sites (N-methyl/N-ethyl adjacent to an activating group) is 1. The van der Waals surface area contributed by atoms with Crippen molar-refractivity contribution in [2.75, 3.05) is 20.8 Å². The number of aromatic nitrogens is 2. The van der Waals surface area contributed by atoms with Crippen LogP contribution in [0.5, 0.6) is 0 Å². The van der Waals surface area contributed by atoms with E-state index in [1.54, 1.807) is 7.11 Å².